The Labute approximate surface area is 120 Å². The SMILES string of the molecule is CCc1ccc(O)c(-c2nc(SC)[nH]c(=O)c2C#N)c1. The highest BCUT2D eigenvalue weighted by atomic mass is 32.2. The van der Waals surface area contributed by atoms with Crippen LogP contribution in [-0.4, -0.2) is 21.3 Å². The molecule has 1 aromatic heterocycles. The second-order valence-electron chi connectivity index (χ2n) is 4.12. The fraction of sp³-hybridized carbons (Fsp3) is 0.214. The van der Waals surface area contributed by atoms with Crippen LogP contribution in [0.25, 0.3) is 11.3 Å². The van der Waals surface area contributed by atoms with Crippen LogP contribution in [-0.2, 0) is 6.42 Å². The number of phenolic OH excluding ortho intramolecular Hbond substituents is 1. The van der Waals surface area contributed by atoms with E-state index in [9.17, 15) is 9.90 Å². The number of H-pyrrole nitrogens is 1. The first-order chi connectivity index (χ1) is 9.60. The summed E-state index contributed by atoms with van der Waals surface area (Å²) in [4.78, 5) is 18.7. The Bertz CT molecular complexity index is 747. The van der Waals surface area contributed by atoms with Crippen LogP contribution in [0.4, 0.5) is 0 Å². The van der Waals surface area contributed by atoms with E-state index in [2.05, 4.69) is 9.97 Å². The van der Waals surface area contributed by atoms with E-state index in [1.54, 1.807) is 24.5 Å². The predicted molar refractivity (Wildman–Crippen MR) is 77.8 cm³/mol. The highest BCUT2D eigenvalue weighted by molar-refractivity contribution is 7.98. The van der Waals surface area contributed by atoms with Crippen molar-refractivity contribution in [2.24, 2.45) is 0 Å². The van der Waals surface area contributed by atoms with Gasteiger partial charge in [0.1, 0.15) is 23.1 Å². The van der Waals surface area contributed by atoms with Crippen LogP contribution >= 0.6 is 11.8 Å². The van der Waals surface area contributed by atoms with Crippen molar-refractivity contribution in [3.8, 4) is 23.1 Å². The van der Waals surface area contributed by atoms with Crippen molar-refractivity contribution in [2.45, 2.75) is 18.5 Å². The van der Waals surface area contributed by atoms with Crippen molar-refractivity contribution in [2.75, 3.05) is 6.26 Å². The van der Waals surface area contributed by atoms with Gasteiger partial charge < -0.3 is 10.1 Å². The maximum absolute atomic E-state index is 11.9. The first kappa shape index (κ1) is 14.2. The molecule has 0 aliphatic heterocycles. The molecular weight excluding hydrogens is 274 g/mol. The van der Waals surface area contributed by atoms with E-state index < -0.39 is 5.56 Å². The number of aryl methyl sites for hydroxylation is 1. The first-order valence-corrected chi connectivity index (χ1v) is 7.23. The molecule has 0 aliphatic rings. The largest absolute Gasteiger partial charge is 0.507 e. The smallest absolute Gasteiger partial charge is 0.270 e. The molecule has 0 unspecified atom stereocenters. The molecule has 0 radical (unpaired) electrons. The van der Waals surface area contributed by atoms with Crippen molar-refractivity contribution < 1.29 is 5.11 Å². The zero-order valence-corrected chi connectivity index (χ0v) is 11.9. The van der Waals surface area contributed by atoms with Gasteiger partial charge in [-0.1, -0.05) is 24.8 Å². The zero-order valence-electron chi connectivity index (χ0n) is 11.1. The minimum absolute atomic E-state index is 0.00357. The highest BCUT2D eigenvalue weighted by Gasteiger charge is 2.16. The molecule has 6 heteroatoms. The van der Waals surface area contributed by atoms with Crippen LogP contribution in [0.5, 0.6) is 5.75 Å². The average molecular weight is 287 g/mol. The van der Waals surface area contributed by atoms with Crippen molar-refractivity contribution in [3.05, 3.63) is 39.7 Å². The fourth-order valence-corrected chi connectivity index (χ4v) is 2.22. The van der Waals surface area contributed by atoms with Crippen LogP contribution < -0.4 is 5.56 Å². The molecule has 2 rings (SSSR count). The Morgan fingerprint density at radius 2 is 2.25 bits per heavy atom. The summed E-state index contributed by atoms with van der Waals surface area (Å²) in [5, 5.41) is 19.5. The molecule has 0 bridgehead atoms. The molecule has 0 aliphatic carbocycles. The topological polar surface area (TPSA) is 89.8 Å². The molecule has 2 N–H and O–H groups in total. The lowest BCUT2D eigenvalue weighted by atomic mass is 10.0. The summed E-state index contributed by atoms with van der Waals surface area (Å²) in [5.74, 6) is 0.00357. The molecule has 0 saturated carbocycles. The number of benzene rings is 1. The lowest BCUT2D eigenvalue weighted by Crippen LogP contribution is -2.14. The number of thioether (sulfide) groups is 1. The molecule has 0 fully saturated rings. The van der Waals surface area contributed by atoms with Gasteiger partial charge in [0.25, 0.3) is 5.56 Å². The van der Waals surface area contributed by atoms with Gasteiger partial charge in [-0.25, -0.2) is 4.98 Å². The fourth-order valence-electron chi connectivity index (χ4n) is 1.84. The van der Waals surface area contributed by atoms with E-state index in [1.807, 2.05) is 13.0 Å². The van der Waals surface area contributed by atoms with Gasteiger partial charge in [0.15, 0.2) is 5.16 Å². The minimum Gasteiger partial charge on any atom is -0.507 e. The van der Waals surface area contributed by atoms with Crippen LogP contribution in [0.3, 0.4) is 0 Å². The van der Waals surface area contributed by atoms with Crippen molar-refractivity contribution in [3.63, 3.8) is 0 Å². The van der Waals surface area contributed by atoms with Crippen LogP contribution in [0.2, 0.25) is 0 Å². The van der Waals surface area contributed by atoms with Crippen molar-refractivity contribution >= 4 is 11.8 Å². The molecule has 0 spiro atoms. The predicted octanol–water partition coefficient (Wildman–Crippen LogP) is 2.30. The Kier molecular flexibility index (Phi) is 4.11. The highest BCUT2D eigenvalue weighted by Crippen LogP contribution is 2.30. The van der Waals surface area contributed by atoms with Gasteiger partial charge in [0.2, 0.25) is 0 Å². The number of phenols is 1. The molecule has 0 atom stereocenters. The Balaban J connectivity index is 2.78. The lowest BCUT2D eigenvalue weighted by molar-refractivity contribution is 0.477. The molecule has 5 nitrogen and oxygen atoms in total. The number of hydrogen-bond donors (Lipinski definition) is 2. The van der Waals surface area contributed by atoms with Gasteiger partial charge >= 0.3 is 0 Å². The first-order valence-electron chi connectivity index (χ1n) is 6.01. The minimum atomic E-state index is -0.497. The summed E-state index contributed by atoms with van der Waals surface area (Å²) in [5.41, 5.74) is 1.03. The number of nitrogens with one attached hydrogen (secondary N) is 1. The van der Waals surface area contributed by atoms with E-state index in [1.165, 1.54) is 11.8 Å². The summed E-state index contributed by atoms with van der Waals surface area (Å²) < 4.78 is 0. The Morgan fingerprint density at radius 1 is 1.50 bits per heavy atom. The molecular formula is C14H13N3O2S. The van der Waals surface area contributed by atoms with E-state index in [-0.39, 0.29) is 17.0 Å². The third-order valence-corrected chi connectivity index (χ3v) is 3.51. The number of nitrogens with zero attached hydrogens (tertiary/aromatic N) is 2. The molecule has 0 saturated heterocycles. The molecule has 2 aromatic rings. The molecule has 0 amide bonds. The summed E-state index contributed by atoms with van der Waals surface area (Å²) in [6.45, 7) is 1.99. The normalized spacial score (nSPS) is 10.2. The maximum Gasteiger partial charge on any atom is 0.270 e. The quantitative estimate of drug-likeness (QED) is 0.668. The standard InChI is InChI=1S/C14H13N3O2S/c1-3-8-4-5-11(18)9(6-8)12-10(7-15)13(19)17-14(16-12)20-2/h4-6,18H,3H2,1-2H3,(H,16,17,19). The van der Waals surface area contributed by atoms with E-state index in [0.717, 1.165) is 12.0 Å². The zero-order chi connectivity index (χ0) is 14.7. The summed E-state index contributed by atoms with van der Waals surface area (Å²) in [7, 11) is 0. The second-order valence-corrected chi connectivity index (χ2v) is 4.91. The Morgan fingerprint density at radius 3 is 2.85 bits per heavy atom. The van der Waals surface area contributed by atoms with Gasteiger partial charge in [-0.15, -0.1) is 0 Å². The summed E-state index contributed by atoms with van der Waals surface area (Å²) in [6, 6.07) is 6.96. The van der Waals surface area contributed by atoms with Gasteiger partial charge in [-0.3, -0.25) is 4.79 Å². The van der Waals surface area contributed by atoms with Crippen molar-refractivity contribution in [1.29, 1.82) is 5.26 Å². The van der Waals surface area contributed by atoms with E-state index >= 15 is 0 Å². The maximum atomic E-state index is 11.9. The molecule has 1 heterocycles. The third-order valence-electron chi connectivity index (χ3n) is 2.93. The number of aromatic hydroxyl groups is 1. The van der Waals surface area contributed by atoms with Crippen LogP contribution in [0.1, 0.15) is 18.1 Å². The summed E-state index contributed by atoms with van der Waals surface area (Å²) >= 11 is 1.27. The van der Waals surface area contributed by atoms with Gasteiger partial charge in [0.05, 0.1) is 0 Å². The molecule has 20 heavy (non-hydrogen) atoms. The second kappa shape index (κ2) is 5.80. The monoisotopic (exact) mass is 287 g/mol. The number of aromatic nitrogens is 2. The van der Waals surface area contributed by atoms with Crippen LogP contribution in [0, 0.1) is 11.3 Å². The van der Waals surface area contributed by atoms with Gasteiger partial charge in [-0.2, -0.15) is 5.26 Å². The number of hydrogen-bond acceptors (Lipinski definition) is 5. The van der Waals surface area contributed by atoms with Gasteiger partial charge in [-0.05, 0) is 30.4 Å². The molecule has 1 aromatic carbocycles. The van der Waals surface area contributed by atoms with Gasteiger partial charge in [0, 0.05) is 5.56 Å². The summed E-state index contributed by atoms with van der Waals surface area (Å²) in [6.07, 6.45) is 2.56. The average Bonchev–Trinajstić information content (AvgIpc) is 2.47. The van der Waals surface area contributed by atoms with Crippen LogP contribution in [0.15, 0.2) is 28.2 Å². The number of nitriles is 1. The Hall–Kier alpha value is -2.26. The van der Waals surface area contributed by atoms with Crippen molar-refractivity contribution in [1.82, 2.24) is 9.97 Å². The molecule has 102 valence electrons. The van der Waals surface area contributed by atoms with E-state index in [4.69, 9.17) is 5.26 Å². The lowest BCUT2D eigenvalue weighted by Gasteiger charge is -2.08. The number of aromatic amines is 1. The number of rotatable bonds is 3. The van der Waals surface area contributed by atoms with E-state index in [0.29, 0.717) is 10.7 Å². The third kappa shape index (κ3) is 2.53.